The molecule has 0 spiro atoms. The molecule has 19 heavy (non-hydrogen) atoms. The second-order valence-corrected chi connectivity index (χ2v) is 3.90. The summed E-state index contributed by atoms with van der Waals surface area (Å²) in [7, 11) is 0. The number of carbonyl (C=O) groups excluding carboxylic acids is 1. The SMILES string of the molecule is CCN(CC)C(=O)c1nnc(-c2ccc(F)cc2)o1. The number of aromatic nitrogens is 2. The van der Waals surface area contributed by atoms with Crippen LogP contribution in [0.4, 0.5) is 4.39 Å². The zero-order valence-electron chi connectivity index (χ0n) is 10.8. The Bertz CT molecular complexity index is 562. The standard InChI is InChI=1S/C13H14FN3O2/c1-3-17(4-2)13(18)12-16-15-11(19-12)9-5-7-10(14)8-6-9/h5-8H,3-4H2,1-2H3. The number of amides is 1. The zero-order valence-corrected chi connectivity index (χ0v) is 10.8. The van der Waals surface area contributed by atoms with E-state index in [1.807, 2.05) is 13.8 Å². The molecule has 0 saturated carbocycles. The number of benzene rings is 1. The Morgan fingerprint density at radius 2 is 1.84 bits per heavy atom. The van der Waals surface area contributed by atoms with E-state index in [1.54, 1.807) is 4.90 Å². The van der Waals surface area contributed by atoms with Crippen LogP contribution in [0.5, 0.6) is 0 Å². The molecule has 1 aromatic carbocycles. The third kappa shape index (κ3) is 2.78. The van der Waals surface area contributed by atoms with Gasteiger partial charge >= 0.3 is 11.8 Å². The average molecular weight is 263 g/mol. The van der Waals surface area contributed by atoms with Crippen LogP contribution >= 0.6 is 0 Å². The Morgan fingerprint density at radius 1 is 1.21 bits per heavy atom. The molecule has 0 saturated heterocycles. The van der Waals surface area contributed by atoms with E-state index in [4.69, 9.17) is 4.42 Å². The highest BCUT2D eigenvalue weighted by atomic mass is 19.1. The largest absolute Gasteiger partial charge is 0.412 e. The topological polar surface area (TPSA) is 59.2 Å². The fraction of sp³-hybridized carbons (Fsp3) is 0.308. The first-order chi connectivity index (χ1) is 9.15. The third-order valence-electron chi connectivity index (χ3n) is 2.75. The zero-order chi connectivity index (χ0) is 13.8. The van der Waals surface area contributed by atoms with Crippen molar-refractivity contribution in [1.29, 1.82) is 0 Å². The van der Waals surface area contributed by atoms with E-state index in [0.29, 0.717) is 18.7 Å². The van der Waals surface area contributed by atoms with Crippen LogP contribution in [0.1, 0.15) is 24.5 Å². The Kier molecular flexibility index (Phi) is 3.89. The number of hydrogen-bond donors (Lipinski definition) is 0. The second-order valence-electron chi connectivity index (χ2n) is 3.90. The number of rotatable bonds is 4. The van der Waals surface area contributed by atoms with E-state index < -0.39 is 0 Å². The first-order valence-corrected chi connectivity index (χ1v) is 6.04. The maximum absolute atomic E-state index is 12.8. The second kappa shape index (κ2) is 5.60. The summed E-state index contributed by atoms with van der Waals surface area (Å²) in [6.45, 7) is 4.89. The molecule has 0 bridgehead atoms. The van der Waals surface area contributed by atoms with E-state index >= 15 is 0 Å². The molecule has 0 unspecified atom stereocenters. The lowest BCUT2D eigenvalue weighted by Gasteiger charge is -2.15. The van der Waals surface area contributed by atoms with E-state index in [0.717, 1.165) is 0 Å². The average Bonchev–Trinajstić information content (AvgIpc) is 2.90. The van der Waals surface area contributed by atoms with Crippen LogP contribution in [-0.4, -0.2) is 34.1 Å². The van der Waals surface area contributed by atoms with Crippen molar-refractivity contribution < 1.29 is 13.6 Å². The van der Waals surface area contributed by atoms with E-state index in [2.05, 4.69) is 10.2 Å². The van der Waals surface area contributed by atoms with Crippen molar-refractivity contribution in [2.75, 3.05) is 13.1 Å². The van der Waals surface area contributed by atoms with Crippen LogP contribution in [-0.2, 0) is 0 Å². The molecule has 0 atom stereocenters. The van der Waals surface area contributed by atoms with Crippen molar-refractivity contribution in [3.05, 3.63) is 36.0 Å². The van der Waals surface area contributed by atoms with Gasteiger partial charge in [-0.1, -0.05) is 0 Å². The quantitative estimate of drug-likeness (QED) is 0.849. The number of halogens is 1. The molecule has 0 aliphatic heterocycles. The Balaban J connectivity index is 2.23. The van der Waals surface area contributed by atoms with Gasteiger partial charge in [-0.15, -0.1) is 10.2 Å². The summed E-state index contributed by atoms with van der Waals surface area (Å²) in [6.07, 6.45) is 0. The molecule has 6 heteroatoms. The number of nitrogens with zero attached hydrogens (tertiary/aromatic N) is 3. The molecule has 0 fully saturated rings. The minimum Gasteiger partial charge on any atom is -0.412 e. The summed E-state index contributed by atoms with van der Waals surface area (Å²) >= 11 is 0. The molecule has 1 heterocycles. The first kappa shape index (κ1) is 13.2. The van der Waals surface area contributed by atoms with Crippen molar-refractivity contribution >= 4 is 5.91 Å². The predicted octanol–water partition coefficient (Wildman–Crippen LogP) is 2.36. The summed E-state index contributed by atoms with van der Waals surface area (Å²) in [6, 6.07) is 5.64. The van der Waals surface area contributed by atoms with Crippen LogP contribution < -0.4 is 0 Å². The summed E-state index contributed by atoms with van der Waals surface area (Å²) < 4.78 is 18.1. The van der Waals surface area contributed by atoms with Crippen LogP contribution in [0, 0.1) is 5.82 Å². The van der Waals surface area contributed by atoms with Crippen molar-refractivity contribution in [1.82, 2.24) is 15.1 Å². The highest BCUT2D eigenvalue weighted by Gasteiger charge is 2.20. The normalized spacial score (nSPS) is 10.5. The lowest BCUT2D eigenvalue weighted by molar-refractivity contribution is 0.0733. The van der Waals surface area contributed by atoms with Gasteiger partial charge in [0.25, 0.3) is 0 Å². The number of carbonyl (C=O) groups is 1. The Morgan fingerprint density at radius 3 is 2.42 bits per heavy atom. The van der Waals surface area contributed by atoms with Gasteiger partial charge in [-0.2, -0.15) is 0 Å². The highest BCUT2D eigenvalue weighted by Crippen LogP contribution is 2.18. The monoisotopic (exact) mass is 263 g/mol. The Labute approximate surface area is 110 Å². The molecule has 1 aromatic heterocycles. The molecular weight excluding hydrogens is 249 g/mol. The van der Waals surface area contributed by atoms with Gasteiger partial charge in [-0.3, -0.25) is 4.79 Å². The summed E-state index contributed by atoms with van der Waals surface area (Å²) in [4.78, 5) is 13.6. The third-order valence-corrected chi connectivity index (χ3v) is 2.75. The van der Waals surface area contributed by atoms with E-state index in [-0.39, 0.29) is 23.5 Å². The van der Waals surface area contributed by atoms with E-state index in [9.17, 15) is 9.18 Å². The van der Waals surface area contributed by atoms with Gasteiger partial charge < -0.3 is 9.32 Å². The molecule has 2 aromatic rings. The molecule has 1 amide bonds. The molecular formula is C13H14FN3O2. The minimum atomic E-state index is -0.345. The maximum Gasteiger partial charge on any atom is 0.311 e. The molecule has 0 radical (unpaired) electrons. The van der Waals surface area contributed by atoms with Crippen LogP contribution in [0.15, 0.2) is 28.7 Å². The lowest BCUT2D eigenvalue weighted by atomic mass is 10.2. The van der Waals surface area contributed by atoms with Gasteiger partial charge in [-0.05, 0) is 38.1 Å². The van der Waals surface area contributed by atoms with Crippen molar-refractivity contribution in [3.8, 4) is 11.5 Å². The van der Waals surface area contributed by atoms with Gasteiger partial charge in [0.1, 0.15) is 5.82 Å². The summed E-state index contributed by atoms with van der Waals surface area (Å²) in [5.74, 6) is -0.493. The maximum atomic E-state index is 12.8. The van der Waals surface area contributed by atoms with Crippen LogP contribution in [0.3, 0.4) is 0 Å². The molecule has 2 rings (SSSR count). The number of hydrogen-bond acceptors (Lipinski definition) is 4. The fourth-order valence-corrected chi connectivity index (χ4v) is 1.66. The predicted molar refractivity (Wildman–Crippen MR) is 66.9 cm³/mol. The van der Waals surface area contributed by atoms with Gasteiger partial charge in [0.15, 0.2) is 0 Å². The van der Waals surface area contributed by atoms with Crippen molar-refractivity contribution in [2.24, 2.45) is 0 Å². The first-order valence-electron chi connectivity index (χ1n) is 6.04. The van der Waals surface area contributed by atoms with Gasteiger partial charge in [0.2, 0.25) is 5.89 Å². The molecule has 0 aliphatic carbocycles. The van der Waals surface area contributed by atoms with Gasteiger partial charge in [0, 0.05) is 18.7 Å². The highest BCUT2D eigenvalue weighted by molar-refractivity contribution is 5.89. The van der Waals surface area contributed by atoms with Gasteiger partial charge in [0.05, 0.1) is 0 Å². The van der Waals surface area contributed by atoms with Crippen molar-refractivity contribution in [3.63, 3.8) is 0 Å². The molecule has 0 aliphatic rings. The molecule has 5 nitrogen and oxygen atoms in total. The summed E-state index contributed by atoms with van der Waals surface area (Å²) in [5.41, 5.74) is 0.576. The minimum absolute atomic E-state index is 0.0528. The smallest absolute Gasteiger partial charge is 0.311 e. The Hall–Kier alpha value is -2.24. The van der Waals surface area contributed by atoms with E-state index in [1.165, 1.54) is 24.3 Å². The summed E-state index contributed by atoms with van der Waals surface area (Å²) in [5, 5.41) is 7.53. The lowest BCUT2D eigenvalue weighted by Crippen LogP contribution is -2.30. The fourth-order valence-electron chi connectivity index (χ4n) is 1.66. The van der Waals surface area contributed by atoms with Crippen molar-refractivity contribution in [2.45, 2.75) is 13.8 Å². The van der Waals surface area contributed by atoms with Crippen LogP contribution in [0.25, 0.3) is 11.5 Å². The molecule has 0 N–H and O–H groups in total. The molecule has 100 valence electrons. The van der Waals surface area contributed by atoms with Crippen LogP contribution in [0.2, 0.25) is 0 Å². The van der Waals surface area contributed by atoms with Gasteiger partial charge in [-0.25, -0.2) is 4.39 Å².